The fourth-order valence-corrected chi connectivity index (χ4v) is 2.30. The first-order chi connectivity index (χ1) is 8.18. The molecule has 1 aromatic heterocycles. The fraction of sp³-hybridized carbons (Fsp3) is 0.667. The van der Waals surface area contributed by atoms with E-state index in [1.165, 1.54) is 32.1 Å². The SMILES string of the molecule is CN(C)c1ncnc(NC2CCCCC2)c1N. The molecule has 1 heterocycles. The van der Waals surface area contributed by atoms with E-state index >= 15 is 0 Å². The molecule has 3 N–H and O–H groups in total. The predicted molar refractivity (Wildman–Crippen MR) is 71.3 cm³/mol. The first-order valence-electron chi connectivity index (χ1n) is 6.23. The number of nitrogens with two attached hydrogens (primary N) is 1. The van der Waals surface area contributed by atoms with Crippen molar-refractivity contribution >= 4 is 17.3 Å². The second kappa shape index (κ2) is 5.21. The van der Waals surface area contributed by atoms with E-state index in [1.807, 2.05) is 19.0 Å². The maximum Gasteiger partial charge on any atom is 0.156 e. The molecule has 0 bridgehead atoms. The van der Waals surface area contributed by atoms with Crippen LogP contribution in [0.2, 0.25) is 0 Å². The molecule has 0 radical (unpaired) electrons. The summed E-state index contributed by atoms with van der Waals surface area (Å²) in [4.78, 5) is 10.3. The van der Waals surface area contributed by atoms with Crippen molar-refractivity contribution in [2.75, 3.05) is 30.0 Å². The minimum atomic E-state index is 0.510. The lowest BCUT2D eigenvalue weighted by atomic mass is 9.95. The largest absolute Gasteiger partial charge is 0.393 e. The third kappa shape index (κ3) is 2.78. The van der Waals surface area contributed by atoms with E-state index in [0.717, 1.165) is 11.6 Å². The number of aromatic nitrogens is 2. The molecule has 1 aromatic rings. The standard InChI is InChI=1S/C12H21N5/c1-17(2)12-10(13)11(14-8-15-12)16-9-6-4-3-5-7-9/h8-9H,3-7,13H2,1-2H3,(H,14,15,16). The summed E-state index contributed by atoms with van der Waals surface area (Å²) in [5.41, 5.74) is 6.71. The minimum absolute atomic E-state index is 0.510. The highest BCUT2D eigenvalue weighted by Crippen LogP contribution is 2.27. The molecular formula is C12H21N5. The molecular weight excluding hydrogens is 214 g/mol. The van der Waals surface area contributed by atoms with Crippen LogP contribution in [0.25, 0.3) is 0 Å². The van der Waals surface area contributed by atoms with E-state index in [-0.39, 0.29) is 0 Å². The van der Waals surface area contributed by atoms with Gasteiger partial charge in [0, 0.05) is 20.1 Å². The normalized spacial score (nSPS) is 16.8. The molecule has 17 heavy (non-hydrogen) atoms. The highest BCUT2D eigenvalue weighted by molar-refractivity contribution is 5.74. The molecule has 0 aromatic carbocycles. The Morgan fingerprint density at radius 3 is 2.59 bits per heavy atom. The maximum absolute atomic E-state index is 6.07. The van der Waals surface area contributed by atoms with Gasteiger partial charge < -0.3 is 16.0 Å². The van der Waals surface area contributed by atoms with Gasteiger partial charge in [0.25, 0.3) is 0 Å². The molecule has 1 saturated carbocycles. The van der Waals surface area contributed by atoms with Gasteiger partial charge in [0.05, 0.1) is 0 Å². The van der Waals surface area contributed by atoms with Gasteiger partial charge in [-0.05, 0) is 12.8 Å². The predicted octanol–water partition coefficient (Wildman–Crippen LogP) is 1.87. The van der Waals surface area contributed by atoms with Crippen molar-refractivity contribution in [2.45, 2.75) is 38.1 Å². The van der Waals surface area contributed by atoms with E-state index in [9.17, 15) is 0 Å². The van der Waals surface area contributed by atoms with Crippen LogP contribution in [-0.2, 0) is 0 Å². The molecule has 1 aliphatic rings. The van der Waals surface area contributed by atoms with Crippen molar-refractivity contribution in [1.29, 1.82) is 0 Å². The van der Waals surface area contributed by atoms with E-state index in [1.54, 1.807) is 6.33 Å². The van der Waals surface area contributed by atoms with Crippen LogP contribution in [0.1, 0.15) is 32.1 Å². The second-order valence-corrected chi connectivity index (χ2v) is 4.83. The van der Waals surface area contributed by atoms with Gasteiger partial charge in [-0.15, -0.1) is 0 Å². The van der Waals surface area contributed by atoms with Crippen LogP contribution < -0.4 is 16.0 Å². The lowest BCUT2D eigenvalue weighted by Gasteiger charge is -2.24. The summed E-state index contributed by atoms with van der Waals surface area (Å²) < 4.78 is 0. The highest BCUT2D eigenvalue weighted by atomic mass is 15.2. The highest BCUT2D eigenvalue weighted by Gasteiger charge is 2.16. The Morgan fingerprint density at radius 2 is 1.94 bits per heavy atom. The third-order valence-corrected chi connectivity index (χ3v) is 3.23. The molecule has 0 aliphatic heterocycles. The van der Waals surface area contributed by atoms with E-state index in [0.29, 0.717) is 11.7 Å². The summed E-state index contributed by atoms with van der Waals surface area (Å²) in [5.74, 6) is 1.55. The zero-order valence-electron chi connectivity index (χ0n) is 10.6. The van der Waals surface area contributed by atoms with Crippen molar-refractivity contribution in [3.05, 3.63) is 6.33 Å². The van der Waals surface area contributed by atoms with Gasteiger partial charge >= 0.3 is 0 Å². The van der Waals surface area contributed by atoms with Gasteiger partial charge in [0.15, 0.2) is 11.6 Å². The minimum Gasteiger partial charge on any atom is -0.393 e. The van der Waals surface area contributed by atoms with Crippen molar-refractivity contribution in [3.8, 4) is 0 Å². The van der Waals surface area contributed by atoms with E-state index in [2.05, 4.69) is 15.3 Å². The topological polar surface area (TPSA) is 67.1 Å². The number of hydrogen-bond acceptors (Lipinski definition) is 5. The van der Waals surface area contributed by atoms with Gasteiger partial charge in [-0.3, -0.25) is 0 Å². The van der Waals surface area contributed by atoms with Crippen LogP contribution >= 0.6 is 0 Å². The number of nitrogens with one attached hydrogen (secondary N) is 1. The summed E-state index contributed by atoms with van der Waals surface area (Å²) in [6.45, 7) is 0. The lowest BCUT2D eigenvalue weighted by Crippen LogP contribution is -2.24. The van der Waals surface area contributed by atoms with Crippen LogP contribution in [0.5, 0.6) is 0 Å². The molecule has 1 aliphatic carbocycles. The monoisotopic (exact) mass is 235 g/mol. The zero-order chi connectivity index (χ0) is 12.3. The number of anilines is 3. The Hall–Kier alpha value is -1.52. The first-order valence-corrected chi connectivity index (χ1v) is 6.23. The Bertz CT molecular complexity index is 371. The number of rotatable bonds is 3. The van der Waals surface area contributed by atoms with Crippen LogP contribution in [0, 0.1) is 0 Å². The number of hydrogen-bond donors (Lipinski definition) is 2. The Labute approximate surface area is 102 Å². The van der Waals surface area contributed by atoms with E-state index in [4.69, 9.17) is 5.73 Å². The third-order valence-electron chi connectivity index (χ3n) is 3.23. The van der Waals surface area contributed by atoms with Gasteiger partial charge in [-0.1, -0.05) is 19.3 Å². The number of nitrogens with zero attached hydrogens (tertiary/aromatic N) is 3. The van der Waals surface area contributed by atoms with Crippen molar-refractivity contribution in [2.24, 2.45) is 0 Å². The molecule has 2 rings (SSSR count). The molecule has 0 spiro atoms. The molecule has 0 unspecified atom stereocenters. The average Bonchev–Trinajstić information content (AvgIpc) is 2.33. The van der Waals surface area contributed by atoms with Gasteiger partial charge in [0.2, 0.25) is 0 Å². The van der Waals surface area contributed by atoms with Gasteiger partial charge in [-0.2, -0.15) is 0 Å². The quantitative estimate of drug-likeness (QED) is 0.837. The molecule has 1 fully saturated rings. The summed E-state index contributed by atoms with van der Waals surface area (Å²) in [5, 5.41) is 3.44. The van der Waals surface area contributed by atoms with Crippen molar-refractivity contribution in [1.82, 2.24) is 9.97 Å². The molecule has 94 valence electrons. The summed E-state index contributed by atoms with van der Waals surface area (Å²) >= 11 is 0. The molecule has 0 saturated heterocycles. The van der Waals surface area contributed by atoms with Crippen molar-refractivity contribution < 1.29 is 0 Å². The maximum atomic E-state index is 6.07. The zero-order valence-corrected chi connectivity index (χ0v) is 10.6. The molecule has 5 heteroatoms. The average molecular weight is 235 g/mol. The molecule has 0 amide bonds. The Morgan fingerprint density at radius 1 is 1.24 bits per heavy atom. The van der Waals surface area contributed by atoms with Gasteiger partial charge in [-0.25, -0.2) is 9.97 Å². The van der Waals surface area contributed by atoms with Crippen LogP contribution in [-0.4, -0.2) is 30.1 Å². The summed E-state index contributed by atoms with van der Waals surface area (Å²) in [6.07, 6.45) is 7.92. The summed E-state index contributed by atoms with van der Waals surface area (Å²) in [7, 11) is 3.87. The second-order valence-electron chi connectivity index (χ2n) is 4.83. The van der Waals surface area contributed by atoms with E-state index < -0.39 is 0 Å². The molecule has 0 atom stereocenters. The van der Waals surface area contributed by atoms with Gasteiger partial charge in [0.1, 0.15) is 12.0 Å². The Balaban J connectivity index is 2.12. The van der Waals surface area contributed by atoms with Crippen LogP contribution in [0.15, 0.2) is 6.33 Å². The van der Waals surface area contributed by atoms with Crippen molar-refractivity contribution in [3.63, 3.8) is 0 Å². The summed E-state index contributed by atoms with van der Waals surface area (Å²) in [6, 6.07) is 0.510. The van der Waals surface area contributed by atoms with Crippen LogP contribution in [0.3, 0.4) is 0 Å². The Kier molecular flexibility index (Phi) is 3.66. The number of nitrogen functional groups attached to an aromatic ring is 1. The fourth-order valence-electron chi connectivity index (χ4n) is 2.30. The smallest absolute Gasteiger partial charge is 0.156 e. The molecule has 5 nitrogen and oxygen atoms in total. The van der Waals surface area contributed by atoms with Crippen LogP contribution in [0.4, 0.5) is 17.3 Å². The lowest BCUT2D eigenvalue weighted by molar-refractivity contribution is 0.462. The first kappa shape index (κ1) is 12.0.